The Hall–Kier alpha value is -1.73. The number of aromatic nitrogens is 2. The predicted molar refractivity (Wildman–Crippen MR) is 80.9 cm³/mol. The second kappa shape index (κ2) is 5.23. The highest BCUT2D eigenvalue weighted by Crippen LogP contribution is 2.28. The zero-order valence-corrected chi connectivity index (χ0v) is 13.1. The monoisotopic (exact) mass is 307 g/mol. The van der Waals surface area contributed by atoms with E-state index in [0.717, 1.165) is 5.56 Å². The van der Waals surface area contributed by atoms with Crippen molar-refractivity contribution in [1.29, 1.82) is 0 Å². The first-order valence-electron chi connectivity index (χ1n) is 6.84. The molecule has 0 radical (unpaired) electrons. The van der Waals surface area contributed by atoms with Gasteiger partial charge in [0.1, 0.15) is 4.83 Å². The van der Waals surface area contributed by atoms with Gasteiger partial charge >= 0.3 is 0 Å². The maximum Gasteiger partial charge on any atom is 0.264 e. The Balaban J connectivity index is 2.08. The van der Waals surface area contributed by atoms with Crippen LogP contribution in [0.4, 0.5) is 0 Å². The minimum absolute atomic E-state index is 0.0339. The van der Waals surface area contributed by atoms with E-state index in [1.54, 1.807) is 7.05 Å². The number of thiophene rings is 1. The van der Waals surface area contributed by atoms with Gasteiger partial charge in [0.2, 0.25) is 0 Å². The Kier molecular flexibility index (Phi) is 3.54. The van der Waals surface area contributed by atoms with Gasteiger partial charge in [0.25, 0.3) is 11.5 Å². The van der Waals surface area contributed by atoms with Gasteiger partial charge in [-0.05, 0) is 19.4 Å². The van der Waals surface area contributed by atoms with Crippen molar-refractivity contribution in [1.82, 2.24) is 14.5 Å². The lowest BCUT2D eigenvalue weighted by Crippen LogP contribution is -2.47. The summed E-state index contributed by atoms with van der Waals surface area (Å²) in [5, 5.41) is 0.550. The van der Waals surface area contributed by atoms with E-state index in [0.29, 0.717) is 34.9 Å². The van der Waals surface area contributed by atoms with Gasteiger partial charge < -0.3 is 14.2 Å². The fourth-order valence-corrected chi connectivity index (χ4v) is 3.67. The summed E-state index contributed by atoms with van der Waals surface area (Å²) in [4.78, 5) is 32.2. The van der Waals surface area contributed by atoms with Crippen LogP contribution in [-0.4, -0.2) is 46.2 Å². The van der Waals surface area contributed by atoms with Gasteiger partial charge in [-0.2, -0.15) is 0 Å². The highest BCUT2D eigenvalue weighted by atomic mass is 32.1. The SMILES string of the molecule is Cc1c(C(=O)N2CCOCC2C)sc2ncn(C)c(=O)c12. The van der Waals surface area contributed by atoms with Crippen molar-refractivity contribution < 1.29 is 9.53 Å². The zero-order chi connectivity index (χ0) is 15.1. The van der Waals surface area contributed by atoms with Crippen LogP contribution >= 0.6 is 11.3 Å². The highest BCUT2D eigenvalue weighted by molar-refractivity contribution is 7.20. The normalized spacial score (nSPS) is 19.2. The second-order valence-corrected chi connectivity index (χ2v) is 6.32. The van der Waals surface area contributed by atoms with E-state index >= 15 is 0 Å². The van der Waals surface area contributed by atoms with Gasteiger partial charge in [0.15, 0.2) is 0 Å². The van der Waals surface area contributed by atoms with Gasteiger partial charge in [-0.1, -0.05) is 0 Å². The molecule has 2 aromatic rings. The lowest BCUT2D eigenvalue weighted by molar-refractivity contribution is 0.00384. The molecule has 0 spiro atoms. The third-order valence-electron chi connectivity index (χ3n) is 3.83. The molecule has 1 saturated heterocycles. The number of aryl methyl sites for hydroxylation is 2. The molecule has 0 bridgehead atoms. The van der Waals surface area contributed by atoms with E-state index in [2.05, 4.69) is 4.98 Å². The molecule has 0 saturated carbocycles. The molecule has 0 N–H and O–H groups in total. The van der Waals surface area contributed by atoms with Crippen molar-refractivity contribution in [2.24, 2.45) is 7.05 Å². The first kappa shape index (κ1) is 14.2. The Bertz CT molecular complexity index is 765. The number of hydrogen-bond donors (Lipinski definition) is 0. The van der Waals surface area contributed by atoms with Crippen LogP contribution in [0.5, 0.6) is 0 Å². The van der Waals surface area contributed by atoms with E-state index in [1.807, 2.05) is 18.7 Å². The predicted octanol–water partition coefficient (Wildman–Crippen LogP) is 1.16. The van der Waals surface area contributed by atoms with E-state index in [-0.39, 0.29) is 17.5 Å². The summed E-state index contributed by atoms with van der Waals surface area (Å²) >= 11 is 1.29. The van der Waals surface area contributed by atoms with Crippen LogP contribution in [-0.2, 0) is 11.8 Å². The van der Waals surface area contributed by atoms with Gasteiger partial charge in [0, 0.05) is 13.6 Å². The van der Waals surface area contributed by atoms with E-state index in [4.69, 9.17) is 4.74 Å². The molecule has 21 heavy (non-hydrogen) atoms. The number of amides is 1. The molecule has 1 aliphatic rings. The molecule has 6 nitrogen and oxygen atoms in total. The summed E-state index contributed by atoms with van der Waals surface area (Å²) in [6.45, 7) is 5.48. The highest BCUT2D eigenvalue weighted by Gasteiger charge is 2.28. The van der Waals surface area contributed by atoms with Crippen molar-refractivity contribution in [2.45, 2.75) is 19.9 Å². The summed E-state index contributed by atoms with van der Waals surface area (Å²) in [6.07, 6.45) is 1.49. The summed E-state index contributed by atoms with van der Waals surface area (Å²) in [5.74, 6) is -0.0339. The van der Waals surface area contributed by atoms with Gasteiger partial charge in [0.05, 0.1) is 35.8 Å². The first-order valence-corrected chi connectivity index (χ1v) is 7.65. The van der Waals surface area contributed by atoms with Crippen molar-refractivity contribution in [3.63, 3.8) is 0 Å². The number of fused-ring (bicyclic) bond motifs is 1. The Morgan fingerprint density at radius 2 is 2.29 bits per heavy atom. The smallest absolute Gasteiger partial charge is 0.264 e. The molecule has 1 fully saturated rings. The molecule has 0 aromatic carbocycles. The average Bonchev–Trinajstić information content (AvgIpc) is 2.80. The third-order valence-corrected chi connectivity index (χ3v) is 5.02. The zero-order valence-electron chi connectivity index (χ0n) is 12.3. The molecule has 1 atom stereocenters. The Morgan fingerprint density at radius 1 is 1.52 bits per heavy atom. The lowest BCUT2D eigenvalue weighted by Gasteiger charge is -2.33. The third kappa shape index (κ3) is 2.26. The Morgan fingerprint density at radius 3 is 3.00 bits per heavy atom. The second-order valence-electron chi connectivity index (χ2n) is 5.32. The van der Waals surface area contributed by atoms with Crippen LogP contribution in [0.2, 0.25) is 0 Å². The largest absolute Gasteiger partial charge is 0.377 e. The molecule has 1 unspecified atom stereocenters. The maximum absolute atomic E-state index is 12.7. The standard InChI is InChI=1S/C14H17N3O3S/c1-8-6-20-5-4-17(8)14(19)11-9(2)10-12(21-11)15-7-16(3)13(10)18/h7-8H,4-6H2,1-3H3. The molecule has 3 heterocycles. The number of carbonyl (C=O) groups excluding carboxylic acids is 1. The maximum atomic E-state index is 12.7. The van der Waals surface area contributed by atoms with Crippen molar-refractivity contribution >= 4 is 27.5 Å². The summed E-state index contributed by atoms with van der Waals surface area (Å²) in [6, 6.07) is 0.0478. The van der Waals surface area contributed by atoms with Crippen LogP contribution in [0.1, 0.15) is 22.2 Å². The molecule has 0 aliphatic carbocycles. The van der Waals surface area contributed by atoms with Gasteiger partial charge in [-0.25, -0.2) is 4.98 Å². The van der Waals surface area contributed by atoms with Crippen LogP contribution < -0.4 is 5.56 Å². The number of rotatable bonds is 1. The van der Waals surface area contributed by atoms with E-state index < -0.39 is 0 Å². The fraction of sp³-hybridized carbons (Fsp3) is 0.500. The van der Waals surface area contributed by atoms with Crippen LogP contribution in [0.3, 0.4) is 0 Å². The fourth-order valence-electron chi connectivity index (χ4n) is 2.57. The minimum atomic E-state index is -0.108. The summed E-state index contributed by atoms with van der Waals surface area (Å²) in [5.41, 5.74) is 0.621. The molecule has 3 rings (SSSR count). The van der Waals surface area contributed by atoms with Crippen LogP contribution in [0.25, 0.3) is 10.2 Å². The average molecular weight is 307 g/mol. The van der Waals surface area contributed by atoms with E-state index in [1.165, 1.54) is 22.2 Å². The van der Waals surface area contributed by atoms with Crippen LogP contribution in [0.15, 0.2) is 11.1 Å². The molecular formula is C14H17N3O3S. The summed E-state index contributed by atoms with van der Waals surface area (Å²) < 4.78 is 6.80. The number of morpholine rings is 1. The number of hydrogen-bond acceptors (Lipinski definition) is 5. The van der Waals surface area contributed by atoms with Gasteiger partial charge in [-0.15, -0.1) is 11.3 Å². The molecule has 7 heteroatoms. The number of ether oxygens (including phenoxy) is 1. The van der Waals surface area contributed by atoms with Gasteiger partial charge in [-0.3, -0.25) is 9.59 Å². The topological polar surface area (TPSA) is 64.4 Å². The van der Waals surface area contributed by atoms with Crippen LogP contribution in [0, 0.1) is 6.92 Å². The first-order chi connectivity index (χ1) is 10.0. The number of nitrogens with zero attached hydrogens (tertiary/aromatic N) is 3. The van der Waals surface area contributed by atoms with Crippen molar-refractivity contribution in [3.8, 4) is 0 Å². The van der Waals surface area contributed by atoms with E-state index in [9.17, 15) is 9.59 Å². The Labute approximate surface area is 126 Å². The van der Waals surface area contributed by atoms with Crippen molar-refractivity contribution in [2.75, 3.05) is 19.8 Å². The minimum Gasteiger partial charge on any atom is -0.377 e. The molecule has 112 valence electrons. The lowest BCUT2D eigenvalue weighted by atomic mass is 10.1. The quantitative estimate of drug-likeness (QED) is 0.793. The summed E-state index contributed by atoms with van der Waals surface area (Å²) in [7, 11) is 1.66. The molecular weight excluding hydrogens is 290 g/mol. The molecule has 1 amide bonds. The van der Waals surface area contributed by atoms with Crippen molar-refractivity contribution in [3.05, 3.63) is 27.1 Å². The molecule has 2 aromatic heterocycles. The molecule has 1 aliphatic heterocycles. The number of carbonyl (C=O) groups is 1.